The van der Waals surface area contributed by atoms with Crippen molar-refractivity contribution in [2.24, 2.45) is 5.92 Å². The first-order valence-corrected chi connectivity index (χ1v) is 7.13. The van der Waals surface area contributed by atoms with Gasteiger partial charge in [0.25, 0.3) is 0 Å². The first-order chi connectivity index (χ1) is 7.88. The molecule has 1 atom stereocenters. The smallest absolute Gasteiger partial charge is 0.0474 e. The molecule has 16 heavy (non-hydrogen) atoms. The summed E-state index contributed by atoms with van der Waals surface area (Å²) >= 11 is 1.79. The van der Waals surface area contributed by atoms with Crippen LogP contribution in [-0.2, 0) is 6.42 Å². The van der Waals surface area contributed by atoms with Crippen LogP contribution < -0.4 is 5.32 Å². The van der Waals surface area contributed by atoms with E-state index in [1.165, 1.54) is 30.6 Å². The molecule has 2 rings (SSSR count). The van der Waals surface area contributed by atoms with Crippen molar-refractivity contribution in [3.05, 3.63) is 22.4 Å². The quantitative estimate of drug-likeness (QED) is 0.799. The van der Waals surface area contributed by atoms with Gasteiger partial charge in [-0.2, -0.15) is 0 Å². The first kappa shape index (κ1) is 12.1. The van der Waals surface area contributed by atoms with E-state index in [0.29, 0.717) is 12.0 Å². The Labute approximate surface area is 102 Å². The van der Waals surface area contributed by atoms with Gasteiger partial charge in [-0.3, -0.25) is 0 Å². The van der Waals surface area contributed by atoms with Gasteiger partial charge in [-0.15, -0.1) is 11.3 Å². The number of aliphatic hydroxyl groups is 1. The molecule has 1 aliphatic rings. The summed E-state index contributed by atoms with van der Waals surface area (Å²) in [4.78, 5) is 1.38. The van der Waals surface area contributed by atoms with Gasteiger partial charge in [0.05, 0.1) is 0 Å². The van der Waals surface area contributed by atoms with Gasteiger partial charge >= 0.3 is 0 Å². The molecule has 2 nitrogen and oxygen atoms in total. The van der Waals surface area contributed by atoms with Crippen LogP contribution in [-0.4, -0.2) is 24.3 Å². The molecule has 0 aliphatic heterocycles. The van der Waals surface area contributed by atoms with Gasteiger partial charge in [-0.25, -0.2) is 0 Å². The normalized spacial score (nSPS) is 19.1. The number of rotatable bonds is 6. The molecule has 1 fully saturated rings. The maximum atomic E-state index is 9.36. The molecule has 1 heterocycles. The van der Waals surface area contributed by atoms with E-state index in [1.807, 2.05) is 0 Å². The molecule has 0 bridgehead atoms. The highest BCUT2D eigenvalue weighted by Crippen LogP contribution is 2.19. The van der Waals surface area contributed by atoms with Gasteiger partial charge in [0.2, 0.25) is 0 Å². The van der Waals surface area contributed by atoms with E-state index in [2.05, 4.69) is 22.8 Å². The maximum Gasteiger partial charge on any atom is 0.0474 e. The van der Waals surface area contributed by atoms with Crippen LogP contribution in [0.4, 0.5) is 0 Å². The van der Waals surface area contributed by atoms with Crippen LogP contribution in [0.1, 0.15) is 30.6 Å². The highest BCUT2D eigenvalue weighted by Gasteiger charge is 2.16. The zero-order valence-corrected chi connectivity index (χ0v) is 10.5. The van der Waals surface area contributed by atoms with Gasteiger partial charge in [0, 0.05) is 24.1 Å². The average molecular weight is 239 g/mol. The molecule has 1 aliphatic carbocycles. The number of hydrogen-bond donors (Lipinski definition) is 2. The Hall–Kier alpha value is -0.380. The molecule has 90 valence electrons. The zero-order chi connectivity index (χ0) is 11.2. The van der Waals surface area contributed by atoms with Crippen molar-refractivity contribution in [1.29, 1.82) is 0 Å². The minimum absolute atomic E-state index is 0.289. The third-order valence-electron chi connectivity index (χ3n) is 3.38. The highest BCUT2D eigenvalue weighted by atomic mass is 32.1. The summed E-state index contributed by atoms with van der Waals surface area (Å²) in [5.74, 6) is 0.374. The molecule has 0 saturated heterocycles. The van der Waals surface area contributed by atoms with Crippen LogP contribution in [0.15, 0.2) is 17.5 Å². The maximum absolute atomic E-state index is 9.36. The van der Waals surface area contributed by atoms with Crippen molar-refractivity contribution in [3.8, 4) is 0 Å². The third kappa shape index (κ3) is 3.58. The van der Waals surface area contributed by atoms with Crippen LogP contribution in [0.3, 0.4) is 0 Å². The fourth-order valence-corrected chi connectivity index (χ4v) is 3.20. The van der Waals surface area contributed by atoms with Gasteiger partial charge in [-0.1, -0.05) is 18.9 Å². The molecular weight excluding hydrogens is 218 g/mol. The second-order valence-corrected chi connectivity index (χ2v) is 5.75. The third-order valence-corrected chi connectivity index (χ3v) is 4.28. The summed E-state index contributed by atoms with van der Waals surface area (Å²) in [6, 6.07) is 4.94. The van der Waals surface area contributed by atoms with E-state index in [1.54, 1.807) is 11.3 Å². The van der Waals surface area contributed by atoms with Crippen LogP contribution in [0, 0.1) is 5.92 Å². The SMILES string of the molecule is OCC(CNC1CCCC1)Cc1cccs1. The Balaban J connectivity index is 1.72. The Morgan fingerprint density at radius 1 is 1.44 bits per heavy atom. The summed E-state index contributed by atoms with van der Waals surface area (Å²) in [7, 11) is 0. The van der Waals surface area contributed by atoms with Crippen molar-refractivity contribution in [2.75, 3.05) is 13.2 Å². The van der Waals surface area contributed by atoms with Gasteiger partial charge in [0.1, 0.15) is 0 Å². The lowest BCUT2D eigenvalue weighted by Crippen LogP contribution is -2.33. The summed E-state index contributed by atoms with van der Waals surface area (Å²) in [5, 5.41) is 15.1. The first-order valence-electron chi connectivity index (χ1n) is 6.25. The van der Waals surface area contributed by atoms with Crippen molar-refractivity contribution in [3.63, 3.8) is 0 Å². The number of aliphatic hydroxyl groups excluding tert-OH is 1. The van der Waals surface area contributed by atoms with E-state index in [-0.39, 0.29) is 6.61 Å². The molecule has 0 aromatic carbocycles. The minimum atomic E-state index is 0.289. The molecule has 2 N–H and O–H groups in total. The molecule has 0 amide bonds. The molecule has 1 aromatic heterocycles. The van der Waals surface area contributed by atoms with E-state index >= 15 is 0 Å². The minimum Gasteiger partial charge on any atom is -0.396 e. The van der Waals surface area contributed by atoms with Crippen molar-refractivity contribution >= 4 is 11.3 Å². The second kappa shape index (κ2) is 6.38. The molecular formula is C13H21NOS. The predicted octanol–water partition coefficient (Wildman–Crippen LogP) is 2.43. The molecule has 1 unspecified atom stereocenters. The summed E-state index contributed by atoms with van der Waals surface area (Å²) < 4.78 is 0. The Morgan fingerprint density at radius 2 is 2.25 bits per heavy atom. The van der Waals surface area contributed by atoms with Gasteiger partial charge in [-0.05, 0) is 36.6 Å². The zero-order valence-electron chi connectivity index (χ0n) is 9.69. The van der Waals surface area contributed by atoms with Crippen molar-refractivity contribution < 1.29 is 5.11 Å². The molecule has 3 heteroatoms. The Bertz CT molecular complexity index is 280. The van der Waals surface area contributed by atoms with E-state index < -0.39 is 0 Å². The molecule has 0 spiro atoms. The Kier molecular flexibility index (Phi) is 4.82. The van der Waals surface area contributed by atoms with Gasteiger partial charge in [0.15, 0.2) is 0 Å². The van der Waals surface area contributed by atoms with Crippen molar-refractivity contribution in [1.82, 2.24) is 5.32 Å². The summed E-state index contributed by atoms with van der Waals surface area (Å²) in [6.07, 6.45) is 6.38. The number of hydrogen-bond acceptors (Lipinski definition) is 3. The van der Waals surface area contributed by atoms with Gasteiger partial charge < -0.3 is 10.4 Å². The fourth-order valence-electron chi connectivity index (χ4n) is 2.38. The topological polar surface area (TPSA) is 32.3 Å². The summed E-state index contributed by atoms with van der Waals surface area (Å²) in [5.41, 5.74) is 0. The predicted molar refractivity (Wildman–Crippen MR) is 68.9 cm³/mol. The molecule has 1 saturated carbocycles. The fraction of sp³-hybridized carbons (Fsp3) is 0.692. The van der Waals surface area contributed by atoms with E-state index in [0.717, 1.165) is 13.0 Å². The second-order valence-electron chi connectivity index (χ2n) is 4.72. The largest absolute Gasteiger partial charge is 0.396 e. The summed E-state index contributed by atoms with van der Waals surface area (Å²) in [6.45, 7) is 1.25. The molecule has 0 radical (unpaired) electrons. The number of thiophene rings is 1. The van der Waals surface area contributed by atoms with Crippen LogP contribution in [0.5, 0.6) is 0 Å². The number of nitrogens with one attached hydrogen (secondary N) is 1. The van der Waals surface area contributed by atoms with E-state index in [9.17, 15) is 5.11 Å². The average Bonchev–Trinajstić information content (AvgIpc) is 2.97. The lowest BCUT2D eigenvalue weighted by Gasteiger charge is -2.18. The van der Waals surface area contributed by atoms with E-state index in [4.69, 9.17) is 0 Å². The van der Waals surface area contributed by atoms with Crippen LogP contribution >= 0.6 is 11.3 Å². The van der Waals surface area contributed by atoms with Crippen LogP contribution in [0.25, 0.3) is 0 Å². The lowest BCUT2D eigenvalue weighted by molar-refractivity contribution is 0.218. The lowest BCUT2D eigenvalue weighted by atomic mass is 10.1. The molecule has 1 aromatic rings. The highest BCUT2D eigenvalue weighted by molar-refractivity contribution is 7.09. The van der Waals surface area contributed by atoms with Crippen LogP contribution in [0.2, 0.25) is 0 Å². The van der Waals surface area contributed by atoms with Crippen molar-refractivity contribution in [2.45, 2.75) is 38.1 Å². The monoisotopic (exact) mass is 239 g/mol. The Morgan fingerprint density at radius 3 is 2.88 bits per heavy atom. The standard InChI is InChI=1S/C13H21NOS/c15-10-11(8-13-6-3-7-16-13)9-14-12-4-1-2-5-12/h3,6-7,11-12,14-15H,1-2,4-5,8-10H2.